The number of nitrogens with zero attached hydrogens (tertiary/aromatic N) is 4. The molecule has 0 radical (unpaired) electrons. The van der Waals surface area contributed by atoms with E-state index >= 15 is 0 Å². The summed E-state index contributed by atoms with van der Waals surface area (Å²) < 4.78 is 1.74. The van der Waals surface area contributed by atoms with Gasteiger partial charge in [-0.2, -0.15) is 5.26 Å². The Labute approximate surface area is 138 Å². The predicted molar refractivity (Wildman–Crippen MR) is 93.4 cm³/mol. The molecule has 1 N–H and O–H groups in total. The second kappa shape index (κ2) is 5.86. The summed E-state index contributed by atoms with van der Waals surface area (Å²) >= 11 is 0. The van der Waals surface area contributed by atoms with Gasteiger partial charge in [-0.15, -0.1) is 0 Å². The summed E-state index contributed by atoms with van der Waals surface area (Å²) in [5.74, 6) is 0.668. The number of aromatic nitrogens is 3. The van der Waals surface area contributed by atoms with E-state index in [2.05, 4.69) is 21.1 Å². The molecule has 0 fully saturated rings. The molecule has 0 spiro atoms. The third kappa shape index (κ3) is 2.36. The maximum absolute atomic E-state index is 9.24. The number of rotatable bonds is 3. The van der Waals surface area contributed by atoms with Gasteiger partial charge < -0.3 is 0 Å². The zero-order valence-electron chi connectivity index (χ0n) is 12.7. The second-order valence-electron chi connectivity index (χ2n) is 5.28. The van der Waals surface area contributed by atoms with Crippen molar-refractivity contribution in [1.29, 1.82) is 5.26 Å². The minimum Gasteiger partial charge on any atom is -0.297 e. The summed E-state index contributed by atoms with van der Waals surface area (Å²) in [6, 6.07) is 21.9. The molecule has 4 rings (SSSR count). The average molecular weight is 311 g/mol. The molecule has 0 amide bonds. The first-order valence-electron chi connectivity index (χ1n) is 7.51. The molecular weight excluding hydrogens is 298 g/mol. The lowest BCUT2D eigenvalue weighted by molar-refractivity contribution is 0.971. The average Bonchev–Trinajstić information content (AvgIpc) is 3.20. The van der Waals surface area contributed by atoms with Gasteiger partial charge in [-0.1, -0.05) is 60.7 Å². The molecule has 0 aliphatic rings. The number of aliphatic imine (C=N–C) groups is 1. The summed E-state index contributed by atoms with van der Waals surface area (Å²) in [6.45, 7) is 0. The van der Waals surface area contributed by atoms with Crippen molar-refractivity contribution in [3.05, 3.63) is 78.0 Å². The number of imidazole rings is 1. The summed E-state index contributed by atoms with van der Waals surface area (Å²) in [7, 11) is 0. The van der Waals surface area contributed by atoms with Gasteiger partial charge in [0.25, 0.3) is 0 Å². The summed E-state index contributed by atoms with van der Waals surface area (Å²) in [4.78, 5) is 9.24. The van der Waals surface area contributed by atoms with E-state index in [0.29, 0.717) is 17.0 Å². The number of aromatic amines is 1. The maximum atomic E-state index is 9.24. The zero-order chi connectivity index (χ0) is 16.4. The van der Waals surface area contributed by atoms with Gasteiger partial charge in [0.1, 0.15) is 17.3 Å². The van der Waals surface area contributed by atoms with Gasteiger partial charge in [-0.05, 0) is 5.56 Å². The number of fused-ring (bicyclic) bond motifs is 1. The minimum atomic E-state index is 0.494. The first-order valence-corrected chi connectivity index (χ1v) is 7.51. The van der Waals surface area contributed by atoms with Crippen molar-refractivity contribution in [1.82, 2.24) is 14.6 Å². The van der Waals surface area contributed by atoms with Gasteiger partial charge in [0.2, 0.25) is 0 Å². The largest absolute Gasteiger partial charge is 0.297 e. The van der Waals surface area contributed by atoms with E-state index in [-0.39, 0.29) is 0 Å². The van der Waals surface area contributed by atoms with Crippen molar-refractivity contribution in [2.45, 2.75) is 0 Å². The first-order chi connectivity index (χ1) is 11.9. The van der Waals surface area contributed by atoms with Gasteiger partial charge >= 0.3 is 0 Å². The van der Waals surface area contributed by atoms with Gasteiger partial charge in [0, 0.05) is 18.0 Å². The van der Waals surface area contributed by atoms with Crippen molar-refractivity contribution in [3.63, 3.8) is 0 Å². The Morgan fingerprint density at radius 2 is 1.75 bits per heavy atom. The summed E-state index contributed by atoms with van der Waals surface area (Å²) in [5.41, 5.74) is 3.77. The van der Waals surface area contributed by atoms with E-state index in [1.807, 2.05) is 60.7 Å². The third-order valence-corrected chi connectivity index (χ3v) is 3.74. The van der Waals surface area contributed by atoms with Crippen LogP contribution < -0.4 is 0 Å². The quantitative estimate of drug-likeness (QED) is 0.582. The van der Waals surface area contributed by atoms with Crippen molar-refractivity contribution in [2.75, 3.05) is 0 Å². The van der Waals surface area contributed by atoms with Gasteiger partial charge in [-0.3, -0.25) is 5.10 Å². The molecular formula is C19H13N5. The molecule has 5 heteroatoms. The highest BCUT2D eigenvalue weighted by molar-refractivity contribution is 5.85. The molecule has 2 aromatic heterocycles. The van der Waals surface area contributed by atoms with Crippen LogP contribution in [0.3, 0.4) is 0 Å². The van der Waals surface area contributed by atoms with Crippen molar-refractivity contribution >= 4 is 17.7 Å². The molecule has 0 aliphatic heterocycles. The van der Waals surface area contributed by atoms with Crippen LogP contribution in [0.25, 0.3) is 16.9 Å². The van der Waals surface area contributed by atoms with Crippen LogP contribution in [-0.2, 0) is 0 Å². The number of H-pyrrole nitrogens is 1. The van der Waals surface area contributed by atoms with Crippen molar-refractivity contribution in [2.24, 2.45) is 4.99 Å². The lowest BCUT2D eigenvalue weighted by Gasteiger charge is -1.99. The number of hydrogen-bond donors (Lipinski definition) is 1. The zero-order valence-corrected chi connectivity index (χ0v) is 12.7. The molecule has 114 valence electrons. The fourth-order valence-electron chi connectivity index (χ4n) is 2.57. The monoisotopic (exact) mass is 311 g/mol. The molecule has 2 heterocycles. The number of nitrogens with one attached hydrogen (secondary N) is 1. The smallest absolute Gasteiger partial charge is 0.180 e. The Morgan fingerprint density at radius 1 is 1.04 bits per heavy atom. The van der Waals surface area contributed by atoms with Crippen LogP contribution in [-0.4, -0.2) is 20.8 Å². The topological polar surface area (TPSA) is 69.2 Å². The Balaban J connectivity index is 1.90. The molecule has 0 aliphatic carbocycles. The Hall–Kier alpha value is -3.65. The van der Waals surface area contributed by atoms with Crippen molar-refractivity contribution < 1.29 is 0 Å². The summed E-state index contributed by atoms with van der Waals surface area (Å²) in [6.07, 6.45) is 3.43. The second-order valence-corrected chi connectivity index (χ2v) is 5.28. The van der Waals surface area contributed by atoms with Crippen LogP contribution in [0.15, 0.2) is 71.9 Å². The van der Waals surface area contributed by atoms with Gasteiger partial charge in [-0.25, -0.2) is 14.5 Å². The normalized spacial score (nSPS) is 11.1. The highest BCUT2D eigenvalue weighted by Gasteiger charge is 2.16. The highest BCUT2D eigenvalue weighted by atomic mass is 15.3. The Kier molecular flexibility index (Phi) is 3.41. The molecule has 0 saturated carbocycles. The van der Waals surface area contributed by atoms with Crippen LogP contribution in [0.5, 0.6) is 0 Å². The van der Waals surface area contributed by atoms with Crippen molar-refractivity contribution in [3.8, 4) is 17.3 Å². The highest BCUT2D eigenvalue weighted by Crippen LogP contribution is 2.31. The van der Waals surface area contributed by atoms with Crippen LogP contribution in [0.2, 0.25) is 0 Å². The third-order valence-electron chi connectivity index (χ3n) is 3.74. The lowest BCUT2D eigenvalue weighted by Crippen LogP contribution is -1.85. The number of hydrogen-bond acceptors (Lipinski definition) is 3. The van der Waals surface area contributed by atoms with Crippen LogP contribution in [0.4, 0.5) is 5.82 Å². The molecule has 4 aromatic rings. The van der Waals surface area contributed by atoms with E-state index in [4.69, 9.17) is 0 Å². The van der Waals surface area contributed by atoms with E-state index < -0.39 is 0 Å². The molecule has 24 heavy (non-hydrogen) atoms. The Morgan fingerprint density at radius 3 is 2.46 bits per heavy atom. The fourth-order valence-corrected chi connectivity index (χ4v) is 2.57. The molecule has 0 saturated heterocycles. The molecule has 2 aromatic carbocycles. The molecule has 5 nitrogen and oxygen atoms in total. The van der Waals surface area contributed by atoms with E-state index in [0.717, 1.165) is 16.8 Å². The SMILES string of the molecule is N#Cc1c[nH]n2c(/N=C/c3ccccc3)c(-c3ccccc3)nc12. The summed E-state index contributed by atoms with van der Waals surface area (Å²) in [5, 5.41) is 12.3. The van der Waals surface area contributed by atoms with Crippen LogP contribution >= 0.6 is 0 Å². The lowest BCUT2D eigenvalue weighted by atomic mass is 10.1. The van der Waals surface area contributed by atoms with E-state index in [1.54, 1.807) is 16.9 Å². The first kappa shape index (κ1) is 14.0. The van der Waals surface area contributed by atoms with Gasteiger partial charge in [0.05, 0.1) is 0 Å². The standard InChI is InChI=1S/C19H13N5/c20-11-16-13-22-24-18(16)23-17(15-9-5-2-6-10-15)19(24)21-12-14-7-3-1-4-8-14/h1-10,12-13,22H/b21-12+. The van der Waals surface area contributed by atoms with E-state index in [9.17, 15) is 5.26 Å². The maximum Gasteiger partial charge on any atom is 0.180 e. The fraction of sp³-hybridized carbons (Fsp3) is 0. The number of benzene rings is 2. The predicted octanol–water partition coefficient (Wildman–Crippen LogP) is 3.95. The minimum absolute atomic E-state index is 0.494. The van der Waals surface area contributed by atoms with Gasteiger partial charge in [0.15, 0.2) is 11.5 Å². The van der Waals surface area contributed by atoms with Crippen LogP contribution in [0, 0.1) is 11.3 Å². The molecule has 0 bridgehead atoms. The molecule has 0 unspecified atom stereocenters. The Bertz CT molecular complexity index is 1050. The molecule has 0 atom stereocenters. The number of nitriles is 1. The van der Waals surface area contributed by atoms with E-state index in [1.165, 1.54) is 0 Å². The van der Waals surface area contributed by atoms with Crippen LogP contribution in [0.1, 0.15) is 11.1 Å².